The van der Waals surface area contributed by atoms with E-state index in [1.54, 1.807) is 42.6 Å². The van der Waals surface area contributed by atoms with Crippen molar-refractivity contribution in [2.24, 2.45) is 0 Å². The van der Waals surface area contributed by atoms with E-state index in [9.17, 15) is 9.59 Å². The normalized spacial score (nSPS) is 10.9. The van der Waals surface area contributed by atoms with E-state index in [4.69, 9.17) is 0 Å². The molecule has 0 aliphatic heterocycles. The number of para-hydroxylation sites is 1. The summed E-state index contributed by atoms with van der Waals surface area (Å²) in [6.45, 7) is 2.30. The number of nitrogens with zero attached hydrogens (tertiary/aromatic N) is 3. The van der Waals surface area contributed by atoms with Gasteiger partial charge in [-0.3, -0.25) is 19.3 Å². The largest absolute Gasteiger partial charge is 0.348 e. The molecule has 2 aromatic carbocycles. The number of fused-ring (bicyclic) bond motifs is 1. The van der Waals surface area contributed by atoms with Crippen LogP contribution >= 0.6 is 0 Å². The first-order valence-corrected chi connectivity index (χ1v) is 8.47. The summed E-state index contributed by atoms with van der Waals surface area (Å²) in [5.41, 5.74) is 3.54. The Morgan fingerprint density at radius 1 is 1.15 bits per heavy atom. The maximum atomic E-state index is 12.6. The van der Waals surface area contributed by atoms with E-state index in [1.807, 2.05) is 19.1 Å². The van der Waals surface area contributed by atoms with Crippen molar-refractivity contribution in [1.29, 1.82) is 0 Å². The zero-order valence-corrected chi connectivity index (χ0v) is 14.6. The van der Waals surface area contributed by atoms with E-state index in [-0.39, 0.29) is 11.5 Å². The highest BCUT2D eigenvalue weighted by Crippen LogP contribution is 2.11. The van der Waals surface area contributed by atoms with Crippen molar-refractivity contribution in [1.82, 2.24) is 25.1 Å². The molecule has 0 fully saturated rings. The number of carbonyl (C=O) groups excluding carboxylic acids is 1. The lowest BCUT2D eigenvalue weighted by Crippen LogP contribution is -2.23. The van der Waals surface area contributed by atoms with Crippen LogP contribution in [0.5, 0.6) is 0 Å². The van der Waals surface area contributed by atoms with Crippen LogP contribution in [0.4, 0.5) is 0 Å². The topological polar surface area (TPSA) is 92.7 Å². The molecule has 4 aromatic rings. The molecular formula is C20H17N5O2. The second kappa shape index (κ2) is 6.87. The Hall–Kier alpha value is -3.74. The summed E-state index contributed by atoms with van der Waals surface area (Å²) in [4.78, 5) is 29.3. The van der Waals surface area contributed by atoms with Crippen LogP contribution in [-0.4, -0.2) is 25.7 Å². The quantitative estimate of drug-likeness (QED) is 0.585. The molecule has 7 nitrogen and oxygen atoms in total. The molecule has 0 atom stereocenters. The highest BCUT2D eigenvalue weighted by atomic mass is 16.1. The maximum absolute atomic E-state index is 12.6. The van der Waals surface area contributed by atoms with Gasteiger partial charge >= 0.3 is 0 Å². The molecule has 0 aliphatic rings. The van der Waals surface area contributed by atoms with Crippen LogP contribution in [0.15, 0.2) is 65.8 Å². The van der Waals surface area contributed by atoms with Gasteiger partial charge in [0.2, 0.25) is 0 Å². The van der Waals surface area contributed by atoms with Gasteiger partial charge in [-0.2, -0.15) is 5.10 Å². The fourth-order valence-electron chi connectivity index (χ4n) is 2.86. The van der Waals surface area contributed by atoms with Crippen molar-refractivity contribution in [2.75, 3.05) is 0 Å². The molecule has 2 aromatic heterocycles. The monoisotopic (exact) mass is 359 g/mol. The molecular weight excluding hydrogens is 342 g/mol. The minimum atomic E-state index is -0.189. The number of benzene rings is 2. The summed E-state index contributed by atoms with van der Waals surface area (Å²) in [5, 5.41) is 10.2. The molecule has 0 bridgehead atoms. The van der Waals surface area contributed by atoms with Crippen molar-refractivity contribution in [2.45, 2.75) is 13.5 Å². The molecule has 0 saturated carbocycles. The lowest BCUT2D eigenvalue weighted by atomic mass is 10.1. The number of hydrogen-bond acceptors (Lipinski definition) is 4. The van der Waals surface area contributed by atoms with Gasteiger partial charge in [0.15, 0.2) is 0 Å². The average Bonchev–Trinajstić information content (AvgIpc) is 3.12. The first-order valence-electron chi connectivity index (χ1n) is 8.47. The zero-order chi connectivity index (χ0) is 18.8. The SMILES string of the molecule is Cc1[nH]ncc1CNC(=O)c1ccc(-n2cnc3ccccc3c2=O)cc1. The minimum Gasteiger partial charge on any atom is -0.348 e. The van der Waals surface area contributed by atoms with E-state index in [0.717, 1.165) is 11.3 Å². The third-order valence-corrected chi connectivity index (χ3v) is 4.45. The van der Waals surface area contributed by atoms with Gasteiger partial charge in [0.05, 0.1) is 22.8 Å². The van der Waals surface area contributed by atoms with Crippen molar-refractivity contribution in [3.05, 3.63) is 88.2 Å². The summed E-state index contributed by atoms with van der Waals surface area (Å²) in [7, 11) is 0. The van der Waals surface area contributed by atoms with E-state index in [2.05, 4.69) is 20.5 Å². The van der Waals surface area contributed by atoms with Gasteiger partial charge in [-0.25, -0.2) is 4.98 Å². The lowest BCUT2D eigenvalue weighted by Gasteiger charge is -2.08. The fourth-order valence-corrected chi connectivity index (χ4v) is 2.86. The van der Waals surface area contributed by atoms with Gasteiger partial charge in [-0.15, -0.1) is 0 Å². The van der Waals surface area contributed by atoms with Crippen LogP contribution in [0.25, 0.3) is 16.6 Å². The number of H-pyrrole nitrogens is 1. The van der Waals surface area contributed by atoms with E-state index >= 15 is 0 Å². The number of carbonyl (C=O) groups is 1. The van der Waals surface area contributed by atoms with Crippen LogP contribution in [0.1, 0.15) is 21.6 Å². The molecule has 0 radical (unpaired) electrons. The summed E-state index contributed by atoms with van der Waals surface area (Å²) in [6, 6.07) is 14.0. The zero-order valence-electron chi connectivity index (χ0n) is 14.6. The second-order valence-corrected chi connectivity index (χ2v) is 6.19. The molecule has 0 saturated heterocycles. The fraction of sp³-hybridized carbons (Fsp3) is 0.100. The Morgan fingerprint density at radius 2 is 1.93 bits per heavy atom. The highest BCUT2D eigenvalue weighted by molar-refractivity contribution is 5.94. The molecule has 1 amide bonds. The van der Waals surface area contributed by atoms with Gasteiger partial charge in [0.1, 0.15) is 6.33 Å². The molecule has 2 N–H and O–H groups in total. The number of aromatic amines is 1. The predicted octanol–water partition coefficient (Wildman–Crippen LogP) is 2.35. The van der Waals surface area contributed by atoms with Gasteiger partial charge in [0.25, 0.3) is 11.5 Å². The first-order chi connectivity index (χ1) is 13.1. The Morgan fingerprint density at radius 3 is 2.67 bits per heavy atom. The summed E-state index contributed by atoms with van der Waals surface area (Å²) >= 11 is 0. The van der Waals surface area contributed by atoms with Crippen molar-refractivity contribution >= 4 is 16.8 Å². The molecule has 0 spiro atoms. The second-order valence-electron chi connectivity index (χ2n) is 6.19. The predicted molar refractivity (Wildman–Crippen MR) is 102 cm³/mol. The average molecular weight is 359 g/mol. The Labute approximate surface area is 154 Å². The van der Waals surface area contributed by atoms with E-state index in [0.29, 0.717) is 28.7 Å². The standard InChI is InChI=1S/C20H17N5O2/c1-13-15(11-23-24-13)10-21-19(26)14-6-8-16(9-7-14)25-12-22-18-5-3-2-4-17(18)20(25)27/h2-9,11-12H,10H2,1H3,(H,21,26)(H,23,24). The van der Waals surface area contributed by atoms with Crippen LogP contribution < -0.4 is 10.9 Å². The van der Waals surface area contributed by atoms with Crippen LogP contribution in [-0.2, 0) is 6.54 Å². The third kappa shape index (κ3) is 3.22. The third-order valence-electron chi connectivity index (χ3n) is 4.45. The smallest absolute Gasteiger partial charge is 0.265 e. The number of rotatable bonds is 4. The van der Waals surface area contributed by atoms with Crippen LogP contribution in [0.2, 0.25) is 0 Å². The number of amides is 1. The van der Waals surface area contributed by atoms with Crippen LogP contribution in [0.3, 0.4) is 0 Å². The summed E-state index contributed by atoms with van der Waals surface area (Å²) in [5.74, 6) is -0.189. The lowest BCUT2D eigenvalue weighted by molar-refractivity contribution is 0.0951. The Balaban J connectivity index is 1.55. The molecule has 134 valence electrons. The van der Waals surface area contributed by atoms with E-state index < -0.39 is 0 Å². The summed E-state index contributed by atoms with van der Waals surface area (Å²) < 4.78 is 1.47. The Kier molecular flexibility index (Phi) is 4.25. The summed E-state index contributed by atoms with van der Waals surface area (Å²) in [6.07, 6.45) is 3.19. The van der Waals surface area contributed by atoms with Crippen molar-refractivity contribution in [3.63, 3.8) is 0 Å². The number of nitrogens with one attached hydrogen (secondary N) is 2. The van der Waals surface area contributed by atoms with Gasteiger partial charge in [0, 0.05) is 23.4 Å². The van der Waals surface area contributed by atoms with Crippen LogP contribution in [0, 0.1) is 6.92 Å². The van der Waals surface area contributed by atoms with Gasteiger partial charge in [-0.1, -0.05) is 12.1 Å². The molecule has 7 heteroatoms. The number of hydrogen-bond donors (Lipinski definition) is 2. The Bertz CT molecular complexity index is 1170. The highest BCUT2D eigenvalue weighted by Gasteiger charge is 2.09. The molecule has 0 unspecified atom stereocenters. The van der Waals surface area contributed by atoms with Gasteiger partial charge < -0.3 is 5.32 Å². The molecule has 2 heterocycles. The molecule has 4 rings (SSSR count). The van der Waals surface area contributed by atoms with Crippen molar-refractivity contribution in [3.8, 4) is 5.69 Å². The van der Waals surface area contributed by atoms with Crippen molar-refractivity contribution < 1.29 is 4.79 Å². The maximum Gasteiger partial charge on any atom is 0.265 e. The minimum absolute atomic E-state index is 0.145. The molecule has 27 heavy (non-hydrogen) atoms. The number of aryl methyl sites for hydroxylation is 1. The number of aromatic nitrogens is 4. The molecule has 0 aliphatic carbocycles. The van der Waals surface area contributed by atoms with E-state index in [1.165, 1.54) is 10.9 Å². The first kappa shape index (κ1) is 16.7. The van der Waals surface area contributed by atoms with Gasteiger partial charge in [-0.05, 0) is 43.3 Å².